The number of allylic oxidation sites excluding steroid dienone is 10. The molecule has 0 saturated carbocycles. The first kappa shape index (κ1) is 31.2. The van der Waals surface area contributed by atoms with E-state index in [9.17, 15) is 14.4 Å². The van der Waals surface area contributed by atoms with E-state index in [4.69, 9.17) is 0 Å². The maximum Gasteiger partial charge on any atom is 0.220 e. The monoisotopic (exact) mass is 630 g/mol. The van der Waals surface area contributed by atoms with Crippen molar-refractivity contribution in [2.45, 2.75) is 30.9 Å². The van der Waals surface area contributed by atoms with Crippen molar-refractivity contribution >= 4 is 46.2 Å². The first-order valence-corrected chi connectivity index (χ1v) is 16.4. The van der Waals surface area contributed by atoms with E-state index in [1.807, 2.05) is 37.0 Å². The summed E-state index contributed by atoms with van der Waals surface area (Å²) in [5.41, 5.74) is 7.35. The minimum Gasteiger partial charge on any atom is -0.390 e. The van der Waals surface area contributed by atoms with Crippen LogP contribution in [0.2, 0.25) is 0 Å². The van der Waals surface area contributed by atoms with Crippen LogP contribution in [-0.4, -0.2) is 54.3 Å². The molecule has 0 bridgehead atoms. The highest BCUT2D eigenvalue weighted by molar-refractivity contribution is 8.05. The summed E-state index contributed by atoms with van der Waals surface area (Å²) in [4.78, 5) is 42.1. The van der Waals surface area contributed by atoms with Gasteiger partial charge in [-0.25, -0.2) is 0 Å². The van der Waals surface area contributed by atoms with E-state index in [1.54, 1.807) is 0 Å². The first-order chi connectivity index (χ1) is 22.3. The molecule has 1 aliphatic heterocycles. The summed E-state index contributed by atoms with van der Waals surface area (Å²) in [5.74, 6) is 0.394. The largest absolute Gasteiger partial charge is 0.390 e. The van der Waals surface area contributed by atoms with Crippen LogP contribution < -0.4 is 15.5 Å². The predicted octanol–water partition coefficient (Wildman–Crippen LogP) is 6.35. The highest BCUT2D eigenvalue weighted by atomic mass is 32.2. The van der Waals surface area contributed by atoms with Crippen molar-refractivity contribution in [1.82, 2.24) is 15.5 Å². The molecule has 0 fully saturated rings. The average Bonchev–Trinajstić information content (AvgIpc) is 3.82. The summed E-state index contributed by atoms with van der Waals surface area (Å²) in [6.45, 7) is 2.99. The molecule has 46 heavy (non-hydrogen) atoms. The van der Waals surface area contributed by atoms with Crippen molar-refractivity contribution in [2.24, 2.45) is 0 Å². The molecule has 8 heteroatoms. The Balaban J connectivity index is 1.22. The highest BCUT2D eigenvalue weighted by Crippen LogP contribution is 2.54. The van der Waals surface area contributed by atoms with Crippen LogP contribution in [0.1, 0.15) is 31.7 Å². The summed E-state index contributed by atoms with van der Waals surface area (Å²) in [5, 5.41) is 6.19. The number of rotatable bonds is 11. The molecule has 2 aromatic carbocycles. The van der Waals surface area contributed by atoms with Gasteiger partial charge in [-0.1, -0.05) is 48.6 Å². The summed E-state index contributed by atoms with van der Waals surface area (Å²) in [6.07, 6.45) is 16.7. The van der Waals surface area contributed by atoms with E-state index >= 15 is 0 Å². The Kier molecular flexibility index (Phi) is 8.99. The summed E-state index contributed by atoms with van der Waals surface area (Å²) >= 11 is 1.91. The second kappa shape index (κ2) is 13.3. The van der Waals surface area contributed by atoms with E-state index < -0.39 is 0 Å². The molecular formula is C38H38N4O3S. The normalized spacial score (nSPS) is 21.6. The Morgan fingerprint density at radius 3 is 2.59 bits per heavy atom. The van der Waals surface area contributed by atoms with Crippen molar-refractivity contribution in [3.8, 4) is 0 Å². The lowest BCUT2D eigenvalue weighted by Crippen LogP contribution is -2.34. The first-order valence-electron chi connectivity index (χ1n) is 15.6. The minimum absolute atomic E-state index is 0.0541. The van der Waals surface area contributed by atoms with E-state index in [-0.39, 0.29) is 28.8 Å². The number of carbonyl (C=O) groups excluding carboxylic acids is 3. The number of benzene rings is 2. The molecule has 4 aliphatic rings. The number of nitrogens with one attached hydrogen (secondary N) is 2. The lowest BCUT2D eigenvalue weighted by Gasteiger charge is -2.38. The van der Waals surface area contributed by atoms with Gasteiger partial charge in [-0.2, -0.15) is 0 Å². The zero-order valence-corrected chi connectivity index (χ0v) is 27.2. The van der Waals surface area contributed by atoms with Crippen LogP contribution in [0.15, 0.2) is 131 Å². The summed E-state index contributed by atoms with van der Waals surface area (Å²) in [7, 11) is 4.05. The molecule has 1 heterocycles. The number of thioether (sulfide) groups is 1. The van der Waals surface area contributed by atoms with Crippen LogP contribution in [0.5, 0.6) is 0 Å². The Bertz CT molecular complexity index is 1800. The van der Waals surface area contributed by atoms with Crippen molar-refractivity contribution in [3.63, 3.8) is 0 Å². The third-order valence-corrected chi connectivity index (χ3v) is 9.97. The van der Waals surface area contributed by atoms with E-state index in [0.29, 0.717) is 25.0 Å². The molecule has 0 radical (unpaired) electrons. The number of nitrogens with zero attached hydrogens (tertiary/aromatic N) is 2. The fraction of sp³-hybridized carbons (Fsp3) is 0.237. The summed E-state index contributed by atoms with van der Waals surface area (Å²) in [6, 6.07) is 18.9. The molecule has 1 atom stereocenters. The summed E-state index contributed by atoms with van der Waals surface area (Å²) < 4.78 is -0.0567. The second-order valence-corrected chi connectivity index (χ2v) is 13.4. The molecule has 2 N–H and O–H groups in total. The third kappa shape index (κ3) is 6.58. The fourth-order valence-corrected chi connectivity index (χ4v) is 7.37. The number of carbonyl (C=O) groups is 3. The van der Waals surface area contributed by atoms with Gasteiger partial charge in [-0.15, -0.1) is 11.8 Å². The van der Waals surface area contributed by atoms with Gasteiger partial charge in [0.15, 0.2) is 11.6 Å². The fourth-order valence-electron chi connectivity index (χ4n) is 6.03. The van der Waals surface area contributed by atoms with Gasteiger partial charge in [-0.3, -0.25) is 19.3 Å². The number of para-hydroxylation sites is 2. The SMILES string of the molecule is CNC1=CC=CCC1(C)SC1=CC/1=C1\C=C(N(C)CCCC(=O)NCC2=CC(=O)C=CC2=O)N(c2ccccc2)c2ccccc21. The van der Waals surface area contributed by atoms with E-state index in [2.05, 4.69) is 101 Å². The molecule has 7 nitrogen and oxygen atoms in total. The van der Waals surface area contributed by atoms with Crippen LogP contribution in [0, 0.1) is 0 Å². The molecule has 0 spiro atoms. The quantitative estimate of drug-likeness (QED) is 0.280. The molecule has 6 rings (SSSR count). The number of ketones is 2. The maximum atomic E-state index is 12.7. The number of amides is 1. The topological polar surface area (TPSA) is 81.8 Å². The molecule has 1 amide bonds. The van der Waals surface area contributed by atoms with Gasteiger partial charge in [0.25, 0.3) is 0 Å². The Morgan fingerprint density at radius 1 is 1.00 bits per heavy atom. The van der Waals surface area contributed by atoms with E-state index in [1.165, 1.54) is 45.5 Å². The lowest BCUT2D eigenvalue weighted by molar-refractivity contribution is -0.121. The Hall–Kier alpha value is -4.82. The van der Waals surface area contributed by atoms with E-state index in [0.717, 1.165) is 23.6 Å². The minimum atomic E-state index is -0.245. The maximum absolute atomic E-state index is 12.7. The molecule has 3 aliphatic carbocycles. The predicted molar refractivity (Wildman–Crippen MR) is 187 cm³/mol. The van der Waals surface area contributed by atoms with Gasteiger partial charge in [0.2, 0.25) is 5.91 Å². The zero-order valence-electron chi connectivity index (χ0n) is 26.4. The third-order valence-electron chi connectivity index (χ3n) is 8.58. The molecule has 0 aromatic heterocycles. The molecule has 234 valence electrons. The van der Waals surface area contributed by atoms with Crippen molar-refractivity contribution in [2.75, 3.05) is 32.1 Å². The second-order valence-electron chi connectivity index (χ2n) is 11.9. The smallest absolute Gasteiger partial charge is 0.220 e. The van der Waals surface area contributed by atoms with Gasteiger partial charge in [0.05, 0.1) is 10.4 Å². The Morgan fingerprint density at radius 2 is 1.78 bits per heavy atom. The number of fused-ring (bicyclic) bond motifs is 1. The number of hydrogen-bond donors (Lipinski definition) is 2. The van der Waals surface area contributed by atoms with Gasteiger partial charge in [0, 0.05) is 61.0 Å². The molecule has 1 unspecified atom stereocenters. The van der Waals surface area contributed by atoms with Crippen LogP contribution >= 0.6 is 11.8 Å². The standard InChI is InChI=1S/C38H38N4O3S/c1-38(20-10-9-16-35(38)39-2)46-34-23-31(34)30-24-37(42(27-12-5-4-6-13-27)32-15-8-7-14-29(30)32)41(3)21-11-17-36(45)40-25-26-22-28(43)18-19-33(26)44/h4-10,12-16,18-19,22-24,39H,11,17,20-21,25H2,1-3H3,(H,40,45)/b31-30-. The van der Waals surface area contributed by atoms with Crippen LogP contribution in [-0.2, 0) is 14.4 Å². The van der Waals surface area contributed by atoms with Crippen LogP contribution in [0.4, 0.5) is 11.4 Å². The number of hydrogen-bond acceptors (Lipinski definition) is 7. The van der Waals surface area contributed by atoms with Crippen LogP contribution in [0.25, 0.3) is 5.57 Å². The zero-order chi connectivity index (χ0) is 32.3. The van der Waals surface area contributed by atoms with Gasteiger partial charge in [0.1, 0.15) is 5.82 Å². The Labute approximate surface area is 274 Å². The molecule has 2 aromatic rings. The highest BCUT2D eigenvalue weighted by Gasteiger charge is 2.37. The average molecular weight is 631 g/mol. The van der Waals surface area contributed by atoms with Gasteiger partial charge in [-0.05, 0) is 85.6 Å². The van der Waals surface area contributed by atoms with Crippen molar-refractivity contribution < 1.29 is 14.4 Å². The molecule has 0 saturated heterocycles. The van der Waals surface area contributed by atoms with Gasteiger partial charge >= 0.3 is 0 Å². The molecular weight excluding hydrogens is 593 g/mol. The van der Waals surface area contributed by atoms with Gasteiger partial charge < -0.3 is 15.5 Å². The van der Waals surface area contributed by atoms with Crippen LogP contribution in [0.3, 0.4) is 0 Å². The van der Waals surface area contributed by atoms with Crippen molar-refractivity contribution in [1.29, 1.82) is 0 Å². The number of anilines is 2. The van der Waals surface area contributed by atoms with Crippen molar-refractivity contribution in [3.05, 3.63) is 136 Å². The lowest BCUT2D eigenvalue weighted by atomic mass is 9.96.